The van der Waals surface area contributed by atoms with Crippen LogP contribution in [0.25, 0.3) is 0 Å². The third kappa shape index (κ3) is 7.06. The molecule has 10 heteroatoms. The number of anilines is 3. The van der Waals surface area contributed by atoms with Crippen molar-refractivity contribution in [3.63, 3.8) is 0 Å². The number of nitrogens with zero attached hydrogens (tertiary/aromatic N) is 1. The van der Waals surface area contributed by atoms with Crippen LogP contribution < -0.4 is 15.4 Å². The van der Waals surface area contributed by atoms with Gasteiger partial charge in [-0.2, -0.15) is 0 Å². The lowest BCUT2D eigenvalue weighted by atomic mass is 10.2. The highest BCUT2D eigenvalue weighted by atomic mass is 32.2. The first-order chi connectivity index (χ1) is 14.8. The van der Waals surface area contributed by atoms with Crippen molar-refractivity contribution < 1.29 is 22.7 Å². The maximum Gasteiger partial charge on any atom is 0.255 e. The third-order valence-corrected chi connectivity index (χ3v) is 5.98. The third-order valence-electron chi connectivity index (χ3n) is 4.68. The molecule has 1 saturated heterocycles. The smallest absolute Gasteiger partial charge is 0.255 e. The summed E-state index contributed by atoms with van der Waals surface area (Å²) >= 11 is 0. The molecule has 31 heavy (non-hydrogen) atoms. The highest BCUT2D eigenvalue weighted by Crippen LogP contribution is 2.17. The molecule has 0 aromatic heterocycles. The molecular formula is C21H26N4O5S. The second-order valence-electron chi connectivity index (χ2n) is 7.05. The predicted octanol–water partition coefficient (Wildman–Crippen LogP) is 1.97. The van der Waals surface area contributed by atoms with E-state index < -0.39 is 10.0 Å². The normalized spacial score (nSPS) is 14.6. The zero-order chi connectivity index (χ0) is 22.3. The molecule has 0 saturated carbocycles. The molecule has 0 aliphatic carbocycles. The maximum absolute atomic E-state index is 12.5. The Kier molecular flexibility index (Phi) is 7.61. The van der Waals surface area contributed by atoms with E-state index in [0.29, 0.717) is 42.4 Å². The number of carbonyl (C=O) groups is 2. The Morgan fingerprint density at radius 2 is 1.61 bits per heavy atom. The Bertz CT molecular complexity index is 1020. The average Bonchev–Trinajstić information content (AvgIpc) is 2.75. The van der Waals surface area contributed by atoms with Gasteiger partial charge in [0.1, 0.15) is 0 Å². The monoisotopic (exact) mass is 446 g/mol. The molecule has 1 fully saturated rings. The highest BCUT2D eigenvalue weighted by Gasteiger charge is 2.14. The fraction of sp³-hybridized carbons (Fsp3) is 0.333. The van der Waals surface area contributed by atoms with Crippen LogP contribution in [-0.2, 0) is 19.6 Å². The summed E-state index contributed by atoms with van der Waals surface area (Å²) in [6.07, 6.45) is 0. The Balaban J connectivity index is 1.55. The molecular weight excluding hydrogens is 420 g/mol. The number of sulfonamides is 1. The van der Waals surface area contributed by atoms with E-state index in [1.807, 2.05) is 4.90 Å². The van der Waals surface area contributed by atoms with E-state index in [0.717, 1.165) is 13.1 Å². The van der Waals surface area contributed by atoms with Crippen LogP contribution in [0.1, 0.15) is 17.3 Å². The summed E-state index contributed by atoms with van der Waals surface area (Å²) in [5.74, 6) is -0.537. The molecule has 3 N–H and O–H groups in total. The van der Waals surface area contributed by atoms with Crippen molar-refractivity contribution in [2.24, 2.45) is 0 Å². The van der Waals surface area contributed by atoms with Crippen LogP contribution in [0, 0.1) is 0 Å². The molecule has 0 bridgehead atoms. The van der Waals surface area contributed by atoms with Gasteiger partial charge in [-0.25, -0.2) is 8.42 Å². The molecule has 2 aromatic carbocycles. The molecule has 2 aromatic rings. The van der Waals surface area contributed by atoms with E-state index in [9.17, 15) is 18.0 Å². The molecule has 1 heterocycles. The average molecular weight is 447 g/mol. The first-order valence-corrected chi connectivity index (χ1v) is 11.6. The van der Waals surface area contributed by atoms with Gasteiger partial charge in [-0.05, 0) is 49.4 Å². The molecule has 0 radical (unpaired) electrons. The number of rotatable bonds is 8. The topological polar surface area (TPSA) is 117 Å². The summed E-state index contributed by atoms with van der Waals surface area (Å²) in [6.45, 7) is 4.58. The zero-order valence-electron chi connectivity index (χ0n) is 17.3. The van der Waals surface area contributed by atoms with Gasteiger partial charge in [-0.3, -0.25) is 19.2 Å². The minimum atomic E-state index is -3.42. The van der Waals surface area contributed by atoms with Crippen LogP contribution in [0.2, 0.25) is 0 Å². The quantitative estimate of drug-likeness (QED) is 0.571. The lowest BCUT2D eigenvalue weighted by Gasteiger charge is -2.25. The van der Waals surface area contributed by atoms with Gasteiger partial charge in [0.2, 0.25) is 15.9 Å². The molecule has 1 aliphatic heterocycles. The second-order valence-corrected chi connectivity index (χ2v) is 9.07. The van der Waals surface area contributed by atoms with Crippen molar-refractivity contribution in [1.82, 2.24) is 4.90 Å². The Hall–Kier alpha value is -2.95. The maximum atomic E-state index is 12.5. The van der Waals surface area contributed by atoms with Gasteiger partial charge in [0.05, 0.1) is 25.5 Å². The van der Waals surface area contributed by atoms with Crippen LogP contribution in [0.5, 0.6) is 0 Å². The number of hydrogen-bond donors (Lipinski definition) is 3. The summed E-state index contributed by atoms with van der Waals surface area (Å²) in [5, 5.41) is 5.59. The number of ether oxygens (including phenoxy) is 1. The Morgan fingerprint density at radius 1 is 0.968 bits per heavy atom. The largest absolute Gasteiger partial charge is 0.379 e. The number of carbonyl (C=O) groups excluding carboxylic acids is 2. The van der Waals surface area contributed by atoms with Crippen molar-refractivity contribution in [2.45, 2.75) is 6.92 Å². The van der Waals surface area contributed by atoms with Crippen LogP contribution in [0.3, 0.4) is 0 Å². The van der Waals surface area contributed by atoms with E-state index >= 15 is 0 Å². The SMILES string of the molecule is CCS(=O)(=O)Nc1cccc(C(=O)Nc2ccc(NC(=O)CN3CCOCC3)cc2)c1. The molecule has 0 atom stereocenters. The molecule has 9 nitrogen and oxygen atoms in total. The lowest BCUT2D eigenvalue weighted by Crippen LogP contribution is -2.41. The van der Waals surface area contributed by atoms with Gasteiger partial charge in [-0.1, -0.05) is 6.07 Å². The van der Waals surface area contributed by atoms with Crippen LogP contribution in [0.15, 0.2) is 48.5 Å². The number of hydrogen-bond acceptors (Lipinski definition) is 6. The van der Waals surface area contributed by atoms with Crippen LogP contribution in [0.4, 0.5) is 17.1 Å². The Labute approximate surface area is 181 Å². The van der Waals surface area contributed by atoms with Crippen molar-refractivity contribution in [1.29, 1.82) is 0 Å². The molecule has 2 amide bonds. The van der Waals surface area contributed by atoms with E-state index in [-0.39, 0.29) is 17.6 Å². The van der Waals surface area contributed by atoms with Gasteiger partial charge < -0.3 is 15.4 Å². The van der Waals surface area contributed by atoms with Gasteiger partial charge in [-0.15, -0.1) is 0 Å². The fourth-order valence-corrected chi connectivity index (χ4v) is 3.61. The van der Waals surface area contributed by atoms with Crippen molar-refractivity contribution >= 4 is 38.9 Å². The summed E-state index contributed by atoms with van der Waals surface area (Å²) in [4.78, 5) is 26.7. The second kappa shape index (κ2) is 10.4. The van der Waals surface area contributed by atoms with Gasteiger partial charge in [0, 0.05) is 35.7 Å². The first-order valence-electron chi connectivity index (χ1n) is 9.96. The van der Waals surface area contributed by atoms with E-state index in [1.165, 1.54) is 13.0 Å². The van der Waals surface area contributed by atoms with E-state index in [1.54, 1.807) is 42.5 Å². The minimum absolute atomic E-state index is 0.0568. The number of morpholine rings is 1. The van der Waals surface area contributed by atoms with Crippen LogP contribution >= 0.6 is 0 Å². The van der Waals surface area contributed by atoms with E-state index in [2.05, 4.69) is 15.4 Å². The number of amides is 2. The van der Waals surface area contributed by atoms with Crippen molar-refractivity contribution in [3.8, 4) is 0 Å². The minimum Gasteiger partial charge on any atom is -0.379 e. The van der Waals surface area contributed by atoms with Gasteiger partial charge in [0.15, 0.2) is 0 Å². The van der Waals surface area contributed by atoms with Gasteiger partial charge >= 0.3 is 0 Å². The first kappa shape index (κ1) is 22.7. The molecule has 0 spiro atoms. The van der Waals surface area contributed by atoms with E-state index in [4.69, 9.17) is 4.74 Å². The summed E-state index contributed by atoms with van der Waals surface area (Å²) in [5.41, 5.74) is 1.83. The summed E-state index contributed by atoms with van der Waals surface area (Å²) in [6, 6.07) is 13.0. The Morgan fingerprint density at radius 3 is 2.26 bits per heavy atom. The van der Waals surface area contributed by atoms with Gasteiger partial charge in [0.25, 0.3) is 5.91 Å². The molecule has 3 rings (SSSR count). The standard InChI is InChI=1S/C21H26N4O5S/c1-2-31(28,29)24-19-5-3-4-16(14-19)21(27)23-18-8-6-17(7-9-18)22-20(26)15-25-10-12-30-13-11-25/h3-9,14,24H,2,10-13,15H2,1H3,(H,22,26)(H,23,27). The summed E-state index contributed by atoms with van der Waals surface area (Å²) in [7, 11) is -3.42. The predicted molar refractivity (Wildman–Crippen MR) is 120 cm³/mol. The number of benzene rings is 2. The number of nitrogens with one attached hydrogen (secondary N) is 3. The van der Waals surface area contributed by atoms with Crippen LogP contribution in [-0.4, -0.2) is 63.7 Å². The van der Waals surface area contributed by atoms with Crippen molar-refractivity contribution in [3.05, 3.63) is 54.1 Å². The molecule has 166 valence electrons. The lowest BCUT2D eigenvalue weighted by molar-refractivity contribution is -0.118. The fourth-order valence-electron chi connectivity index (χ4n) is 2.98. The highest BCUT2D eigenvalue weighted by molar-refractivity contribution is 7.92. The van der Waals surface area contributed by atoms with Crippen molar-refractivity contribution in [2.75, 3.05) is 54.0 Å². The molecule has 0 unspecified atom stereocenters. The summed E-state index contributed by atoms with van der Waals surface area (Å²) < 4.78 is 31.1. The molecule has 1 aliphatic rings. The zero-order valence-corrected chi connectivity index (χ0v) is 18.1.